The highest BCUT2D eigenvalue weighted by molar-refractivity contribution is 5.97. The van der Waals surface area contributed by atoms with E-state index < -0.39 is 0 Å². The van der Waals surface area contributed by atoms with Gasteiger partial charge in [-0.05, 0) is 67.1 Å². The summed E-state index contributed by atoms with van der Waals surface area (Å²) in [7, 11) is 0. The van der Waals surface area contributed by atoms with E-state index in [1.165, 1.54) is 0 Å². The summed E-state index contributed by atoms with van der Waals surface area (Å²) in [6.45, 7) is 3.20. The number of hydrogen-bond acceptors (Lipinski definition) is 4. The number of hydrogen-bond donors (Lipinski definition) is 0. The maximum Gasteiger partial charge on any atom is 0.255 e. The summed E-state index contributed by atoms with van der Waals surface area (Å²) in [5.41, 5.74) is 3.55. The number of rotatable bonds is 5. The second kappa shape index (κ2) is 9.69. The number of likely N-dealkylation sites (tertiary alicyclic amines) is 2. The summed E-state index contributed by atoms with van der Waals surface area (Å²) in [6, 6.07) is 17.5. The first-order valence-electron chi connectivity index (χ1n) is 12.8. The second-order valence-electron chi connectivity index (χ2n) is 10.1. The summed E-state index contributed by atoms with van der Waals surface area (Å²) in [4.78, 5) is 34.5. The Morgan fingerprint density at radius 1 is 0.811 bits per heavy atom. The molecule has 0 saturated carbocycles. The third-order valence-electron chi connectivity index (χ3n) is 7.83. The third-order valence-corrected chi connectivity index (χ3v) is 7.83. The largest absolute Gasteiger partial charge is 0.341 e. The van der Waals surface area contributed by atoms with E-state index >= 15 is 0 Å². The van der Waals surface area contributed by atoms with E-state index in [-0.39, 0.29) is 23.8 Å². The number of nitrogens with zero attached hydrogens (tertiary/aromatic N) is 6. The van der Waals surface area contributed by atoms with Gasteiger partial charge in [0.05, 0.1) is 16.9 Å². The molecule has 0 bridgehead atoms. The molecule has 4 aromatic rings. The van der Waals surface area contributed by atoms with Crippen LogP contribution in [0.1, 0.15) is 29.6 Å². The van der Waals surface area contributed by atoms with Crippen molar-refractivity contribution < 1.29 is 9.59 Å². The second-order valence-corrected chi connectivity index (χ2v) is 10.1. The minimum atomic E-state index is 0.0776. The quantitative estimate of drug-likeness (QED) is 0.422. The molecule has 2 aliphatic heterocycles. The van der Waals surface area contributed by atoms with Crippen LogP contribution in [-0.4, -0.2) is 67.1 Å². The van der Waals surface area contributed by atoms with Crippen LogP contribution in [0.5, 0.6) is 0 Å². The highest BCUT2D eigenvalue weighted by Crippen LogP contribution is 2.41. The molecule has 0 N–H and O–H groups in total. The van der Waals surface area contributed by atoms with Gasteiger partial charge in [0.15, 0.2) is 0 Å². The average molecular weight is 495 g/mol. The fourth-order valence-corrected chi connectivity index (χ4v) is 5.65. The number of aromatic nitrogens is 4. The van der Waals surface area contributed by atoms with Crippen LogP contribution >= 0.6 is 0 Å². The molecule has 6 rings (SSSR count). The highest BCUT2D eigenvalue weighted by atomic mass is 16.2. The molecule has 2 amide bonds. The fraction of sp³-hybridized carbons (Fsp3) is 0.310. The van der Waals surface area contributed by atoms with Gasteiger partial charge in [0, 0.05) is 62.7 Å². The number of benzene rings is 1. The van der Waals surface area contributed by atoms with Crippen molar-refractivity contribution in [1.82, 2.24) is 29.1 Å². The normalized spacial score (nSPS) is 16.9. The number of para-hydroxylation sites is 1. The predicted octanol–water partition coefficient (Wildman–Crippen LogP) is 3.89. The van der Waals surface area contributed by atoms with Crippen molar-refractivity contribution in [1.29, 1.82) is 0 Å². The lowest BCUT2D eigenvalue weighted by Crippen LogP contribution is -2.45. The molecule has 0 radical (unpaired) electrons. The zero-order valence-corrected chi connectivity index (χ0v) is 20.7. The van der Waals surface area contributed by atoms with E-state index in [2.05, 4.69) is 10.1 Å². The predicted molar refractivity (Wildman–Crippen MR) is 140 cm³/mol. The first kappa shape index (κ1) is 23.2. The molecule has 8 heteroatoms. The van der Waals surface area contributed by atoms with E-state index in [4.69, 9.17) is 0 Å². The summed E-state index contributed by atoms with van der Waals surface area (Å²) >= 11 is 0. The Labute approximate surface area is 216 Å². The molecule has 188 valence electrons. The first-order chi connectivity index (χ1) is 18.1. The Morgan fingerprint density at radius 2 is 1.51 bits per heavy atom. The van der Waals surface area contributed by atoms with Crippen molar-refractivity contribution in [3.63, 3.8) is 0 Å². The third kappa shape index (κ3) is 4.67. The zero-order chi connectivity index (χ0) is 25.2. The van der Waals surface area contributed by atoms with Gasteiger partial charge in [-0.25, -0.2) is 0 Å². The molecule has 0 aliphatic carbocycles. The summed E-state index contributed by atoms with van der Waals surface area (Å²) in [5, 5.41) is 4.58. The SMILES string of the molecule is O=C(Cn1ccc(-c2ccncc2)n1)N1CCC2(CCN(C(=O)c3ccccc3-n3cccc3)CC2)C1. The van der Waals surface area contributed by atoms with Gasteiger partial charge in [-0.15, -0.1) is 0 Å². The average Bonchev–Trinajstić information content (AvgIpc) is 3.72. The van der Waals surface area contributed by atoms with E-state index in [0.717, 1.165) is 67.9 Å². The first-order valence-corrected chi connectivity index (χ1v) is 12.8. The van der Waals surface area contributed by atoms with Gasteiger partial charge in [-0.1, -0.05) is 12.1 Å². The maximum absolute atomic E-state index is 13.4. The molecule has 1 spiro atoms. The van der Waals surface area contributed by atoms with Crippen molar-refractivity contribution in [3.05, 3.63) is 91.1 Å². The van der Waals surface area contributed by atoms with Crippen LogP contribution in [-0.2, 0) is 11.3 Å². The van der Waals surface area contributed by atoms with Gasteiger partial charge in [0.1, 0.15) is 6.54 Å². The topological polar surface area (TPSA) is 76.3 Å². The van der Waals surface area contributed by atoms with E-state index in [1.54, 1.807) is 17.1 Å². The summed E-state index contributed by atoms with van der Waals surface area (Å²) < 4.78 is 3.70. The highest BCUT2D eigenvalue weighted by Gasteiger charge is 2.43. The standard InChI is InChI=1S/C29H30N6O2/c36-27(21-35-17-9-25(31-35)23-7-13-30-14-8-23)34-20-12-29(22-34)10-18-33(19-11-29)28(37)24-5-1-2-6-26(24)32-15-3-4-16-32/h1-9,13-17H,10-12,18-22H2. The Balaban J connectivity index is 1.06. The molecular formula is C29H30N6O2. The monoisotopic (exact) mass is 494 g/mol. The van der Waals surface area contributed by atoms with Crippen molar-refractivity contribution in [3.8, 4) is 16.9 Å². The Bertz CT molecular complexity index is 1390. The molecule has 3 aromatic heterocycles. The maximum atomic E-state index is 13.4. The van der Waals surface area contributed by atoms with E-state index in [9.17, 15) is 9.59 Å². The van der Waals surface area contributed by atoms with E-state index in [1.807, 2.05) is 87.6 Å². The lowest BCUT2D eigenvalue weighted by molar-refractivity contribution is -0.131. The fourth-order valence-electron chi connectivity index (χ4n) is 5.65. The number of pyridine rings is 1. The molecule has 0 unspecified atom stereocenters. The van der Waals surface area contributed by atoms with Crippen LogP contribution in [0.2, 0.25) is 0 Å². The molecule has 1 aromatic carbocycles. The lowest BCUT2D eigenvalue weighted by Gasteiger charge is -2.39. The molecule has 2 fully saturated rings. The van der Waals surface area contributed by atoms with Crippen LogP contribution in [0, 0.1) is 5.41 Å². The van der Waals surface area contributed by atoms with Crippen LogP contribution in [0.4, 0.5) is 0 Å². The van der Waals surface area contributed by atoms with Crippen LogP contribution in [0.3, 0.4) is 0 Å². The zero-order valence-electron chi connectivity index (χ0n) is 20.7. The summed E-state index contributed by atoms with van der Waals surface area (Å²) in [5.74, 6) is 0.175. The molecule has 8 nitrogen and oxygen atoms in total. The van der Waals surface area contributed by atoms with Gasteiger partial charge in [-0.3, -0.25) is 19.3 Å². The van der Waals surface area contributed by atoms with Gasteiger partial charge in [0.25, 0.3) is 5.91 Å². The molecular weight excluding hydrogens is 464 g/mol. The Hall–Kier alpha value is -4.20. The van der Waals surface area contributed by atoms with Gasteiger partial charge < -0.3 is 14.4 Å². The van der Waals surface area contributed by atoms with E-state index in [0.29, 0.717) is 0 Å². The Kier molecular flexibility index (Phi) is 6.08. The minimum absolute atomic E-state index is 0.0776. The van der Waals surface area contributed by atoms with Gasteiger partial charge in [0.2, 0.25) is 5.91 Å². The van der Waals surface area contributed by atoms with Crippen molar-refractivity contribution in [2.45, 2.75) is 25.8 Å². The van der Waals surface area contributed by atoms with Crippen LogP contribution < -0.4 is 0 Å². The van der Waals surface area contributed by atoms with Crippen molar-refractivity contribution in [2.75, 3.05) is 26.2 Å². The van der Waals surface area contributed by atoms with Crippen molar-refractivity contribution >= 4 is 11.8 Å². The van der Waals surface area contributed by atoms with Gasteiger partial charge in [-0.2, -0.15) is 5.10 Å². The molecule has 0 atom stereocenters. The molecule has 2 aliphatic rings. The van der Waals surface area contributed by atoms with Crippen LogP contribution in [0.15, 0.2) is 85.6 Å². The van der Waals surface area contributed by atoms with Crippen LogP contribution in [0.25, 0.3) is 16.9 Å². The van der Waals surface area contributed by atoms with Gasteiger partial charge >= 0.3 is 0 Å². The molecule has 37 heavy (non-hydrogen) atoms. The summed E-state index contributed by atoms with van der Waals surface area (Å²) in [6.07, 6.45) is 12.1. The number of carbonyl (C=O) groups is 2. The minimum Gasteiger partial charge on any atom is -0.341 e. The Morgan fingerprint density at radius 3 is 2.27 bits per heavy atom. The number of carbonyl (C=O) groups excluding carboxylic acids is 2. The smallest absolute Gasteiger partial charge is 0.255 e. The lowest BCUT2D eigenvalue weighted by atomic mass is 9.77. The molecule has 2 saturated heterocycles. The number of amides is 2. The molecule has 5 heterocycles. The van der Waals surface area contributed by atoms with Crippen molar-refractivity contribution in [2.24, 2.45) is 5.41 Å². The number of piperidine rings is 1.